The number of carbonyl (C=O) groups is 1. The molecule has 0 amide bonds. The number of hydrogen-bond acceptors (Lipinski definition) is 8. The van der Waals surface area contributed by atoms with Crippen LogP contribution in [0.3, 0.4) is 0 Å². The summed E-state index contributed by atoms with van der Waals surface area (Å²) in [5.74, 6) is -1.71. The van der Waals surface area contributed by atoms with E-state index in [9.17, 15) is 34.9 Å². The minimum absolute atomic E-state index is 0.348. The maximum absolute atomic E-state index is 11.3. The van der Waals surface area contributed by atoms with Crippen LogP contribution in [-0.2, 0) is 13.9 Å². The molecule has 8 N–H and O–H groups in total. The first kappa shape index (κ1) is 28.9. The number of phosphoric acid groups is 1. The van der Waals surface area contributed by atoms with Crippen molar-refractivity contribution in [2.45, 2.75) is 50.3 Å². The van der Waals surface area contributed by atoms with Crippen molar-refractivity contribution in [2.75, 3.05) is 0 Å². The van der Waals surface area contributed by atoms with E-state index in [-0.39, 0.29) is 5.76 Å². The van der Waals surface area contributed by atoms with Gasteiger partial charge in [0.25, 0.3) is 0 Å². The van der Waals surface area contributed by atoms with Crippen molar-refractivity contribution in [1.29, 1.82) is 0 Å². The quantitative estimate of drug-likeness (QED) is 0.0618. The lowest BCUT2D eigenvalue weighted by Crippen LogP contribution is -2.41. The number of carboxylic acids is 1. The maximum atomic E-state index is 11.3. The standard InChI is InChI=1S/C19H29O11P/c1-3-4-5-6-13(20)11-14(21)12-17(30-31(27,28)29)19(2,26)10-9-16(23)15(22)7-8-18(24)25/h3-11,14-17,20-23,26H,12H2,1-2H3,(H,24,25)(H2,27,28,29)/b4-3+,6-5+,8-7+,10-9+,13-11-. The van der Waals surface area contributed by atoms with Crippen LogP contribution >= 0.6 is 7.82 Å². The first-order valence-corrected chi connectivity index (χ1v) is 10.5. The average Bonchev–Trinajstić information content (AvgIpc) is 2.62. The zero-order chi connectivity index (χ0) is 24.2. The molecule has 0 aromatic heterocycles. The van der Waals surface area contributed by atoms with Crippen LogP contribution in [0.25, 0.3) is 0 Å². The summed E-state index contributed by atoms with van der Waals surface area (Å²) in [7, 11) is -5.12. The minimum atomic E-state index is -5.12. The first-order chi connectivity index (χ1) is 14.2. The van der Waals surface area contributed by atoms with Gasteiger partial charge < -0.3 is 40.4 Å². The molecule has 31 heavy (non-hydrogen) atoms. The molecule has 0 aromatic rings. The smallest absolute Gasteiger partial charge is 0.469 e. The largest absolute Gasteiger partial charge is 0.508 e. The molecule has 176 valence electrons. The van der Waals surface area contributed by atoms with Crippen molar-refractivity contribution in [3.63, 3.8) is 0 Å². The first-order valence-electron chi connectivity index (χ1n) is 8.99. The van der Waals surface area contributed by atoms with E-state index in [2.05, 4.69) is 4.52 Å². The molecule has 0 saturated heterocycles. The molecular formula is C19H29O11P. The van der Waals surface area contributed by atoms with Gasteiger partial charge in [0, 0.05) is 12.5 Å². The molecule has 0 radical (unpaired) electrons. The molecular weight excluding hydrogens is 435 g/mol. The minimum Gasteiger partial charge on any atom is -0.508 e. The van der Waals surface area contributed by atoms with E-state index in [4.69, 9.17) is 14.9 Å². The van der Waals surface area contributed by atoms with Gasteiger partial charge >= 0.3 is 13.8 Å². The topological polar surface area (TPSA) is 205 Å². The van der Waals surface area contributed by atoms with Crippen molar-refractivity contribution in [2.24, 2.45) is 0 Å². The Morgan fingerprint density at radius 3 is 2.16 bits per heavy atom. The average molecular weight is 464 g/mol. The van der Waals surface area contributed by atoms with Crippen LogP contribution in [0.1, 0.15) is 20.3 Å². The summed E-state index contributed by atoms with van der Waals surface area (Å²) in [6.07, 6.45) is 3.05. The highest BCUT2D eigenvalue weighted by molar-refractivity contribution is 7.46. The molecule has 0 rings (SSSR count). The van der Waals surface area contributed by atoms with Crippen LogP contribution in [0, 0.1) is 0 Å². The molecule has 0 saturated carbocycles. The Kier molecular flexibility index (Phi) is 12.5. The van der Waals surface area contributed by atoms with E-state index in [0.29, 0.717) is 6.08 Å². The van der Waals surface area contributed by atoms with E-state index in [1.807, 2.05) is 0 Å². The van der Waals surface area contributed by atoms with Gasteiger partial charge in [-0.05, 0) is 32.1 Å². The van der Waals surface area contributed by atoms with Gasteiger partial charge in [0.2, 0.25) is 0 Å². The van der Waals surface area contributed by atoms with Gasteiger partial charge in [0.05, 0.1) is 6.10 Å². The summed E-state index contributed by atoms with van der Waals surface area (Å²) >= 11 is 0. The van der Waals surface area contributed by atoms with Crippen LogP contribution in [0.15, 0.2) is 60.4 Å². The number of hydrogen-bond donors (Lipinski definition) is 8. The molecule has 12 heteroatoms. The van der Waals surface area contributed by atoms with E-state index in [1.54, 1.807) is 19.1 Å². The predicted molar refractivity (Wildman–Crippen MR) is 111 cm³/mol. The fourth-order valence-electron chi connectivity index (χ4n) is 2.17. The van der Waals surface area contributed by atoms with Gasteiger partial charge in [0.1, 0.15) is 29.7 Å². The molecule has 0 spiro atoms. The number of rotatable bonds is 13. The molecule has 0 bridgehead atoms. The number of aliphatic hydroxyl groups excluding tert-OH is 4. The summed E-state index contributed by atoms with van der Waals surface area (Å²) < 4.78 is 15.8. The number of phosphoric ester groups is 1. The van der Waals surface area contributed by atoms with Crippen molar-refractivity contribution in [1.82, 2.24) is 0 Å². The second kappa shape index (κ2) is 13.4. The van der Waals surface area contributed by atoms with E-state index in [1.165, 1.54) is 12.2 Å². The molecule has 0 aromatic carbocycles. The highest BCUT2D eigenvalue weighted by atomic mass is 31.2. The summed E-state index contributed by atoms with van der Waals surface area (Å²) in [6.45, 7) is 2.82. The monoisotopic (exact) mass is 464 g/mol. The fraction of sp³-hybridized carbons (Fsp3) is 0.421. The lowest BCUT2D eigenvalue weighted by molar-refractivity contribution is -0.131. The van der Waals surface area contributed by atoms with Crippen molar-refractivity contribution >= 4 is 13.8 Å². The van der Waals surface area contributed by atoms with Gasteiger partial charge in [0.15, 0.2) is 0 Å². The Morgan fingerprint density at radius 1 is 1.06 bits per heavy atom. The molecule has 0 fully saturated rings. The third-order valence-corrected chi connectivity index (χ3v) is 4.25. The maximum Gasteiger partial charge on any atom is 0.469 e. The summed E-state index contributed by atoms with van der Waals surface area (Å²) in [5, 5.41) is 58.3. The van der Waals surface area contributed by atoms with Crippen LogP contribution in [0.4, 0.5) is 0 Å². The Hall–Kier alpha value is -2.08. The van der Waals surface area contributed by atoms with Crippen LogP contribution in [0.2, 0.25) is 0 Å². The van der Waals surface area contributed by atoms with E-state index in [0.717, 1.165) is 31.2 Å². The Balaban J connectivity index is 5.51. The van der Waals surface area contributed by atoms with Gasteiger partial charge in [-0.1, -0.05) is 30.4 Å². The number of allylic oxidation sites excluding steroid dienone is 4. The second-order valence-electron chi connectivity index (χ2n) is 6.63. The van der Waals surface area contributed by atoms with Crippen molar-refractivity contribution in [3.05, 3.63) is 60.4 Å². The predicted octanol–water partition coefficient (Wildman–Crippen LogP) is 0.459. The lowest BCUT2D eigenvalue weighted by atomic mass is 9.92. The number of carboxylic acid groups (broad SMARTS) is 1. The molecule has 0 aliphatic heterocycles. The highest BCUT2D eigenvalue weighted by Gasteiger charge is 2.37. The Labute approximate surface area is 179 Å². The van der Waals surface area contributed by atoms with Crippen molar-refractivity contribution in [3.8, 4) is 0 Å². The van der Waals surface area contributed by atoms with Crippen LogP contribution in [-0.4, -0.2) is 76.4 Å². The molecule has 5 atom stereocenters. The molecule has 0 aliphatic rings. The SMILES string of the molecule is C/C=C/C=C/C(O)=C/C(O)CC(OP(=O)(O)O)C(C)(O)/C=C/C(O)C(O)/C=C/C(=O)O. The van der Waals surface area contributed by atoms with E-state index >= 15 is 0 Å². The fourth-order valence-corrected chi connectivity index (χ4v) is 2.80. The molecule has 5 unspecified atom stereocenters. The summed E-state index contributed by atoms with van der Waals surface area (Å²) in [4.78, 5) is 28.7. The van der Waals surface area contributed by atoms with Gasteiger partial charge in [-0.25, -0.2) is 9.36 Å². The van der Waals surface area contributed by atoms with Gasteiger partial charge in [-0.2, -0.15) is 0 Å². The summed E-state index contributed by atoms with van der Waals surface area (Å²) in [6, 6.07) is 0. The van der Waals surface area contributed by atoms with E-state index < -0.39 is 50.2 Å². The molecule has 0 heterocycles. The second-order valence-corrected chi connectivity index (χ2v) is 7.82. The highest BCUT2D eigenvalue weighted by Crippen LogP contribution is 2.41. The Bertz CT molecular complexity index is 761. The Morgan fingerprint density at radius 2 is 1.65 bits per heavy atom. The zero-order valence-electron chi connectivity index (χ0n) is 17.0. The summed E-state index contributed by atoms with van der Waals surface area (Å²) in [5.41, 5.74) is -2.16. The molecule has 0 aliphatic carbocycles. The zero-order valence-corrected chi connectivity index (χ0v) is 17.9. The number of aliphatic carboxylic acids is 1. The molecule has 11 nitrogen and oxygen atoms in total. The number of aliphatic hydroxyl groups is 5. The lowest BCUT2D eigenvalue weighted by Gasteiger charge is -2.31. The normalized spacial score (nSPS) is 19.8. The van der Waals surface area contributed by atoms with Crippen LogP contribution < -0.4 is 0 Å². The third kappa shape index (κ3) is 13.8. The van der Waals surface area contributed by atoms with Gasteiger partial charge in [-0.15, -0.1) is 0 Å². The van der Waals surface area contributed by atoms with Crippen molar-refractivity contribution < 1.29 is 54.3 Å². The third-order valence-electron chi connectivity index (χ3n) is 3.72. The van der Waals surface area contributed by atoms with Gasteiger partial charge in [-0.3, -0.25) is 4.52 Å². The van der Waals surface area contributed by atoms with Crippen LogP contribution in [0.5, 0.6) is 0 Å².